The predicted octanol–water partition coefficient (Wildman–Crippen LogP) is 3.51. The number of nitrogens with one attached hydrogen (secondary N) is 2. The molecule has 23 heavy (non-hydrogen) atoms. The van der Waals surface area contributed by atoms with Crippen molar-refractivity contribution in [2.45, 2.75) is 51.6 Å². The van der Waals surface area contributed by atoms with Gasteiger partial charge in [0.25, 0.3) is 5.91 Å². The second-order valence-corrected chi connectivity index (χ2v) is 6.30. The van der Waals surface area contributed by atoms with E-state index in [1.165, 1.54) is 32.1 Å². The van der Waals surface area contributed by atoms with E-state index in [-0.39, 0.29) is 12.5 Å². The zero-order chi connectivity index (χ0) is 16.2. The summed E-state index contributed by atoms with van der Waals surface area (Å²) < 4.78 is 0. The van der Waals surface area contributed by atoms with Crippen LogP contribution in [0.1, 0.15) is 65.3 Å². The fraction of sp³-hybridized carbons (Fsp3) is 0.444. The molecule has 0 unspecified atom stereocenters. The molecule has 1 saturated carbocycles. The van der Waals surface area contributed by atoms with Gasteiger partial charge in [-0.1, -0.05) is 31.4 Å². The summed E-state index contributed by atoms with van der Waals surface area (Å²) in [6, 6.07) is 7.40. The van der Waals surface area contributed by atoms with Gasteiger partial charge in [0.2, 0.25) is 0 Å². The second-order valence-electron chi connectivity index (χ2n) is 6.30. The molecule has 1 aromatic carbocycles. The first-order valence-electron chi connectivity index (χ1n) is 8.24. The van der Waals surface area contributed by atoms with E-state index in [2.05, 4.69) is 15.5 Å². The van der Waals surface area contributed by atoms with Gasteiger partial charge in [-0.25, -0.2) is 0 Å². The molecular formula is C18H23N3O2. The summed E-state index contributed by atoms with van der Waals surface area (Å²) in [6.45, 7) is 1.88. The average molecular weight is 313 g/mol. The van der Waals surface area contributed by atoms with Crippen LogP contribution in [0.5, 0.6) is 0 Å². The van der Waals surface area contributed by atoms with E-state index in [1.54, 1.807) is 6.07 Å². The number of aryl methyl sites for hydroxylation is 1. The third kappa shape index (κ3) is 3.62. The first kappa shape index (κ1) is 15.7. The van der Waals surface area contributed by atoms with Gasteiger partial charge in [0.1, 0.15) is 0 Å². The first-order chi connectivity index (χ1) is 11.2. The van der Waals surface area contributed by atoms with Crippen LogP contribution in [-0.2, 0) is 6.61 Å². The number of hydrogen-bond acceptors (Lipinski definition) is 3. The Kier molecular flexibility index (Phi) is 4.76. The molecule has 0 atom stereocenters. The van der Waals surface area contributed by atoms with E-state index in [1.807, 2.05) is 25.1 Å². The fourth-order valence-electron chi connectivity index (χ4n) is 3.16. The van der Waals surface area contributed by atoms with Crippen molar-refractivity contribution in [3.8, 4) is 0 Å². The maximum atomic E-state index is 12.4. The minimum atomic E-state index is -0.221. The molecule has 5 heteroatoms. The molecule has 1 aromatic heterocycles. The highest BCUT2D eigenvalue weighted by Crippen LogP contribution is 2.31. The van der Waals surface area contributed by atoms with Crippen molar-refractivity contribution in [3.05, 3.63) is 46.8 Å². The number of benzene rings is 1. The highest BCUT2D eigenvalue weighted by molar-refractivity contribution is 6.03. The van der Waals surface area contributed by atoms with Crippen molar-refractivity contribution in [2.24, 2.45) is 0 Å². The Morgan fingerprint density at radius 2 is 2.09 bits per heavy atom. The summed E-state index contributed by atoms with van der Waals surface area (Å²) in [6.07, 6.45) is 6.14. The van der Waals surface area contributed by atoms with E-state index >= 15 is 0 Å². The molecule has 1 aliphatic carbocycles. The quantitative estimate of drug-likeness (QED) is 0.808. The lowest BCUT2D eigenvalue weighted by atomic mass is 9.87. The van der Waals surface area contributed by atoms with Crippen LogP contribution < -0.4 is 5.32 Å². The van der Waals surface area contributed by atoms with Crippen LogP contribution >= 0.6 is 0 Å². The Hall–Kier alpha value is -2.14. The Bertz CT molecular complexity index is 687. The minimum Gasteiger partial charge on any atom is -0.392 e. The van der Waals surface area contributed by atoms with Crippen LogP contribution in [0.4, 0.5) is 5.69 Å². The van der Waals surface area contributed by atoms with Crippen LogP contribution in [0.15, 0.2) is 24.3 Å². The normalized spacial score (nSPS) is 15.6. The Morgan fingerprint density at radius 1 is 1.30 bits per heavy atom. The summed E-state index contributed by atoms with van der Waals surface area (Å²) in [5.41, 5.74) is 3.92. The van der Waals surface area contributed by atoms with Gasteiger partial charge in [-0.3, -0.25) is 9.89 Å². The molecule has 0 bridgehead atoms. The van der Waals surface area contributed by atoms with Crippen LogP contribution in [-0.4, -0.2) is 21.2 Å². The topological polar surface area (TPSA) is 78.0 Å². The Balaban J connectivity index is 1.72. The number of carbonyl (C=O) groups excluding carboxylic acids is 1. The summed E-state index contributed by atoms with van der Waals surface area (Å²) in [5, 5.41) is 19.3. The van der Waals surface area contributed by atoms with E-state index in [0.717, 1.165) is 16.8 Å². The van der Waals surface area contributed by atoms with Crippen molar-refractivity contribution in [2.75, 3.05) is 5.32 Å². The maximum Gasteiger partial charge on any atom is 0.276 e. The molecular weight excluding hydrogens is 290 g/mol. The SMILES string of the molecule is Cc1ccc(CO)cc1NC(=O)c1cc(C2CCCCC2)[nH]n1. The third-order valence-electron chi connectivity index (χ3n) is 4.61. The van der Waals surface area contributed by atoms with Gasteiger partial charge >= 0.3 is 0 Å². The highest BCUT2D eigenvalue weighted by atomic mass is 16.3. The summed E-state index contributed by atoms with van der Waals surface area (Å²) in [7, 11) is 0. The lowest BCUT2D eigenvalue weighted by molar-refractivity contribution is 0.102. The smallest absolute Gasteiger partial charge is 0.276 e. The minimum absolute atomic E-state index is 0.0443. The average Bonchev–Trinajstić information content (AvgIpc) is 3.08. The van der Waals surface area contributed by atoms with Gasteiger partial charge in [-0.2, -0.15) is 5.10 Å². The molecule has 122 valence electrons. The van der Waals surface area contributed by atoms with Crippen molar-refractivity contribution in [1.82, 2.24) is 10.2 Å². The van der Waals surface area contributed by atoms with Crippen LogP contribution in [0.25, 0.3) is 0 Å². The van der Waals surface area contributed by atoms with Gasteiger partial charge < -0.3 is 10.4 Å². The summed E-state index contributed by atoms with van der Waals surface area (Å²) in [5.74, 6) is 0.277. The number of nitrogens with zero attached hydrogens (tertiary/aromatic N) is 1. The fourth-order valence-corrected chi connectivity index (χ4v) is 3.16. The molecule has 0 radical (unpaired) electrons. The number of aromatic amines is 1. The zero-order valence-electron chi connectivity index (χ0n) is 13.4. The highest BCUT2D eigenvalue weighted by Gasteiger charge is 2.20. The molecule has 3 rings (SSSR count). The number of amides is 1. The number of rotatable bonds is 4. The molecule has 1 amide bonds. The Labute approximate surface area is 136 Å². The first-order valence-corrected chi connectivity index (χ1v) is 8.24. The van der Waals surface area contributed by atoms with Crippen LogP contribution in [0.2, 0.25) is 0 Å². The molecule has 1 fully saturated rings. The van der Waals surface area contributed by atoms with Gasteiger partial charge in [0.05, 0.1) is 6.61 Å². The van der Waals surface area contributed by atoms with Crippen LogP contribution in [0.3, 0.4) is 0 Å². The lowest BCUT2D eigenvalue weighted by Crippen LogP contribution is -2.13. The lowest BCUT2D eigenvalue weighted by Gasteiger charge is -2.19. The molecule has 1 heterocycles. The van der Waals surface area contributed by atoms with Crippen molar-refractivity contribution >= 4 is 11.6 Å². The summed E-state index contributed by atoms with van der Waals surface area (Å²) in [4.78, 5) is 12.4. The number of anilines is 1. The molecule has 1 aliphatic rings. The molecule has 5 nitrogen and oxygen atoms in total. The van der Waals surface area contributed by atoms with Crippen molar-refractivity contribution in [3.63, 3.8) is 0 Å². The van der Waals surface area contributed by atoms with Crippen molar-refractivity contribution < 1.29 is 9.90 Å². The number of aromatic nitrogens is 2. The van der Waals surface area contributed by atoms with E-state index in [4.69, 9.17) is 0 Å². The van der Waals surface area contributed by atoms with Crippen LogP contribution in [0, 0.1) is 6.92 Å². The molecule has 0 saturated heterocycles. The predicted molar refractivity (Wildman–Crippen MR) is 89.5 cm³/mol. The molecule has 3 N–H and O–H groups in total. The zero-order valence-corrected chi connectivity index (χ0v) is 13.4. The van der Waals surface area contributed by atoms with Gasteiger partial charge in [0.15, 0.2) is 5.69 Å². The van der Waals surface area contributed by atoms with E-state index < -0.39 is 0 Å². The monoisotopic (exact) mass is 313 g/mol. The number of hydrogen-bond donors (Lipinski definition) is 3. The second kappa shape index (κ2) is 6.96. The van der Waals surface area contributed by atoms with Gasteiger partial charge in [-0.15, -0.1) is 0 Å². The summed E-state index contributed by atoms with van der Waals surface area (Å²) >= 11 is 0. The number of aliphatic hydroxyl groups excluding tert-OH is 1. The molecule has 0 spiro atoms. The number of aliphatic hydroxyl groups is 1. The van der Waals surface area contributed by atoms with Gasteiger partial charge in [-0.05, 0) is 43.0 Å². The molecule has 0 aliphatic heterocycles. The van der Waals surface area contributed by atoms with E-state index in [9.17, 15) is 9.90 Å². The van der Waals surface area contributed by atoms with Gasteiger partial charge in [0, 0.05) is 17.3 Å². The van der Waals surface area contributed by atoms with E-state index in [0.29, 0.717) is 17.3 Å². The number of H-pyrrole nitrogens is 1. The third-order valence-corrected chi connectivity index (χ3v) is 4.61. The Morgan fingerprint density at radius 3 is 2.83 bits per heavy atom. The molecule has 2 aromatic rings. The van der Waals surface area contributed by atoms with Crippen molar-refractivity contribution in [1.29, 1.82) is 0 Å². The largest absolute Gasteiger partial charge is 0.392 e. The maximum absolute atomic E-state index is 12.4. The number of carbonyl (C=O) groups is 1. The standard InChI is InChI=1S/C18H23N3O2/c1-12-7-8-13(11-22)9-15(12)19-18(23)17-10-16(20-21-17)14-5-3-2-4-6-14/h7-10,14,22H,2-6,11H2,1H3,(H,19,23)(H,20,21).